The van der Waals surface area contributed by atoms with Crippen LogP contribution in [0.25, 0.3) is 11.0 Å². The average molecular weight is 329 g/mol. The molecule has 0 unspecified atom stereocenters. The highest BCUT2D eigenvalue weighted by atomic mass is 32.2. The molecule has 2 aromatic rings. The lowest BCUT2D eigenvalue weighted by Crippen LogP contribution is -2.47. The lowest BCUT2D eigenvalue weighted by atomic mass is 10.3. The van der Waals surface area contributed by atoms with E-state index in [0.29, 0.717) is 5.25 Å². The Morgan fingerprint density at radius 1 is 1.17 bits per heavy atom. The smallest absolute Gasteiger partial charge is 0.159 e. The Bertz CT molecular complexity index is 730. The minimum absolute atomic E-state index is 0.642. The van der Waals surface area contributed by atoms with Crippen molar-refractivity contribution in [3.8, 4) is 0 Å². The van der Waals surface area contributed by atoms with Gasteiger partial charge < -0.3 is 9.47 Å². The molecule has 4 rings (SSSR count). The van der Waals surface area contributed by atoms with Gasteiger partial charge in [-0.2, -0.15) is 0 Å². The molecule has 2 aliphatic heterocycles. The van der Waals surface area contributed by atoms with E-state index in [9.17, 15) is 0 Å². The lowest BCUT2D eigenvalue weighted by Gasteiger charge is -2.35. The minimum atomic E-state index is 0.642. The van der Waals surface area contributed by atoms with E-state index in [1.165, 1.54) is 10.7 Å². The van der Waals surface area contributed by atoms with Crippen molar-refractivity contribution < 1.29 is 0 Å². The number of hydrogen-bond donors (Lipinski definition) is 0. The molecule has 1 saturated heterocycles. The number of imidazole rings is 1. The van der Waals surface area contributed by atoms with Gasteiger partial charge in [0.1, 0.15) is 5.82 Å². The summed E-state index contributed by atoms with van der Waals surface area (Å²) in [7, 11) is 2.12. The number of piperazine rings is 1. The first-order valence-electron chi connectivity index (χ1n) is 8.29. The first-order chi connectivity index (χ1) is 11.2. The summed E-state index contributed by atoms with van der Waals surface area (Å²) in [4.78, 5) is 14.4. The highest BCUT2D eigenvalue weighted by Crippen LogP contribution is 2.24. The van der Waals surface area contributed by atoms with Crippen molar-refractivity contribution >= 4 is 28.0 Å². The van der Waals surface area contributed by atoms with Gasteiger partial charge in [0, 0.05) is 38.5 Å². The van der Waals surface area contributed by atoms with Crippen LogP contribution in [0.15, 0.2) is 29.3 Å². The van der Waals surface area contributed by atoms with Crippen molar-refractivity contribution in [3.05, 3.63) is 30.1 Å². The molecule has 6 heteroatoms. The van der Waals surface area contributed by atoms with Crippen molar-refractivity contribution in [1.82, 2.24) is 19.4 Å². The molecule has 0 spiro atoms. The van der Waals surface area contributed by atoms with Crippen LogP contribution in [0.5, 0.6) is 0 Å². The topological polar surface area (TPSA) is 36.7 Å². The molecule has 0 N–H and O–H groups in total. The van der Waals surface area contributed by atoms with Crippen molar-refractivity contribution in [2.75, 3.05) is 32.7 Å². The molecule has 0 aliphatic carbocycles. The molecule has 0 bridgehead atoms. The Hall–Kier alpha value is -1.53. The molecule has 1 fully saturated rings. The van der Waals surface area contributed by atoms with E-state index in [2.05, 4.69) is 57.6 Å². The van der Waals surface area contributed by atoms with Crippen LogP contribution in [0, 0.1) is 0 Å². The van der Waals surface area contributed by atoms with E-state index in [-0.39, 0.29) is 0 Å². The Labute approximate surface area is 141 Å². The van der Waals surface area contributed by atoms with Gasteiger partial charge in [0.2, 0.25) is 0 Å². The molecular formula is C17H23N5S. The molecule has 5 nitrogen and oxygen atoms in total. The Morgan fingerprint density at radius 3 is 2.65 bits per heavy atom. The third-order valence-corrected chi connectivity index (χ3v) is 5.83. The maximum absolute atomic E-state index is 4.79. The van der Waals surface area contributed by atoms with Crippen molar-refractivity contribution in [2.24, 2.45) is 12.0 Å². The van der Waals surface area contributed by atoms with E-state index >= 15 is 0 Å². The number of aromatic nitrogens is 2. The second-order valence-electron chi connectivity index (χ2n) is 6.39. The van der Waals surface area contributed by atoms with Gasteiger partial charge in [0.05, 0.1) is 24.1 Å². The van der Waals surface area contributed by atoms with Gasteiger partial charge in [-0.15, -0.1) is 0 Å². The second kappa shape index (κ2) is 6.17. The molecule has 0 amide bonds. The average Bonchev–Trinajstić information content (AvgIpc) is 3.13. The van der Waals surface area contributed by atoms with Gasteiger partial charge in [-0.3, -0.25) is 9.89 Å². The van der Waals surface area contributed by atoms with Gasteiger partial charge in [0.15, 0.2) is 5.17 Å². The SMILES string of the molecule is C[C@@H]1CN=C(N2CCN(Cc3nc4ccccc4n3C)CC2)S1. The largest absolute Gasteiger partial charge is 0.349 e. The van der Waals surface area contributed by atoms with Crippen molar-refractivity contribution in [3.63, 3.8) is 0 Å². The number of hydrogen-bond acceptors (Lipinski definition) is 5. The molecule has 1 aromatic carbocycles. The molecule has 1 atom stereocenters. The van der Waals surface area contributed by atoms with Crippen LogP contribution in [0.3, 0.4) is 0 Å². The Morgan fingerprint density at radius 2 is 1.96 bits per heavy atom. The van der Waals surface area contributed by atoms with Gasteiger partial charge >= 0.3 is 0 Å². The van der Waals surface area contributed by atoms with Gasteiger partial charge in [0.25, 0.3) is 0 Å². The van der Waals surface area contributed by atoms with Crippen molar-refractivity contribution in [1.29, 1.82) is 0 Å². The second-order valence-corrected chi connectivity index (χ2v) is 7.80. The van der Waals surface area contributed by atoms with Gasteiger partial charge in [-0.05, 0) is 12.1 Å². The standard InChI is InChI=1S/C17H23N5S/c1-13-11-18-17(23-13)22-9-7-21(8-10-22)12-16-19-14-5-3-4-6-15(14)20(16)2/h3-6,13H,7-12H2,1-2H3/t13-/m1/s1. The minimum Gasteiger partial charge on any atom is -0.349 e. The van der Waals surface area contributed by atoms with E-state index in [0.717, 1.165) is 50.6 Å². The first kappa shape index (κ1) is 15.0. The lowest BCUT2D eigenvalue weighted by molar-refractivity contribution is 0.173. The summed E-state index contributed by atoms with van der Waals surface area (Å²) in [6.45, 7) is 8.46. The molecule has 0 radical (unpaired) electrons. The monoisotopic (exact) mass is 329 g/mol. The summed E-state index contributed by atoms with van der Waals surface area (Å²) >= 11 is 1.92. The summed E-state index contributed by atoms with van der Waals surface area (Å²) in [5.41, 5.74) is 2.31. The predicted molar refractivity (Wildman–Crippen MR) is 96.9 cm³/mol. The fourth-order valence-corrected chi connectivity index (χ4v) is 4.26. The number of aliphatic imine (C=N–C) groups is 1. The number of nitrogens with zero attached hydrogens (tertiary/aromatic N) is 5. The molecule has 122 valence electrons. The maximum atomic E-state index is 4.79. The molecule has 3 heterocycles. The third kappa shape index (κ3) is 2.97. The van der Waals surface area contributed by atoms with Crippen LogP contribution in [0.1, 0.15) is 12.7 Å². The molecular weight excluding hydrogens is 306 g/mol. The van der Waals surface area contributed by atoms with Crippen LogP contribution >= 0.6 is 11.8 Å². The molecule has 1 aromatic heterocycles. The zero-order chi connectivity index (χ0) is 15.8. The number of para-hydroxylation sites is 2. The van der Waals surface area contributed by atoms with Crippen LogP contribution in [-0.4, -0.2) is 62.5 Å². The number of thioether (sulfide) groups is 1. The molecule has 2 aliphatic rings. The van der Waals surface area contributed by atoms with Crippen LogP contribution in [-0.2, 0) is 13.6 Å². The van der Waals surface area contributed by atoms with Crippen LogP contribution < -0.4 is 0 Å². The summed E-state index contributed by atoms with van der Waals surface area (Å²) in [5, 5.41) is 1.89. The van der Waals surface area contributed by atoms with Crippen molar-refractivity contribution in [2.45, 2.75) is 18.7 Å². The predicted octanol–water partition coefficient (Wildman–Crippen LogP) is 2.18. The fourth-order valence-electron chi connectivity index (χ4n) is 3.27. The Balaban J connectivity index is 1.40. The molecule has 0 saturated carbocycles. The normalized spacial score (nSPS) is 22.8. The van der Waals surface area contributed by atoms with E-state index in [4.69, 9.17) is 4.98 Å². The summed E-state index contributed by atoms with van der Waals surface area (Å²) < 4.78 is 2.22. The zero-order valence-electron chi connectivity index (χ0n) is 13.8. The van der Waals surface area contributed by atoms with Crippen LogP contribution in [0.2, 0.25) is 0 Å². The number of rotatable bonds is 2. The van der Waals surface area contributed by atoms with E-state index < -0.39 is 0 Å². The Kier molecular flexibility index (Phi) is 4.03. The number of amidine groups is 1. The third-order valence-electron chi connectivity index (χ3n) is 4.68. The highest BCUT2D eigenvalue weighted by Gasteiger charge is 2.25. The highest BCUT2D eigenvalue weighted by molar-refractivity contribution is 8.14. The number of benzene rings is 1. The maximum Gasteiger partial charge on any atom is 0.159 e. The fraction of sp³-hybridized carbons (Fsp3) is 0.529. The van der Waals surface area contributed by atoms with E-state index in [1.54, 1.807) is 0 Å². The summed E-state index contributed by atoms with van der Waals surface area (Å²) in [6, 6.07) is 8.36. The van der Waals surface area contributed by atoms with Gasteiger partial charge in [-0.1, -0.05) is 30.8 Å². The van der Waals surface area contributed by atoms with Crippen LogP contribution in [0.4, 0.5) is 0 Å². The zero-order valence-corrected chi connectivity index (χ0v) is 14.6. The summed E-state index contributed by atoms with van der Waals surface area (Å²) in [6.07, 6.45) is 0. The van der Waals surface area contributed by atoms with E-state index in [1.807, 2.05) is 11.8 Å². The quantitative estimate of drug-likeness (QED) is 0.846. The first-order valence-corrected chi connectivity index (χ1v) is 9.17. The number of aryl methyl sites for hydroxylation is 1. The summed E-state index contributed by atoms with van der Waals surface area (Å²) in [5.74, 6) is 1.15. The number of fused-ring (bicyclic) bond motifs is 1. The van der Waals surface area contributed by atoms with Gasteiger partial charge in [-0.25, -0.2) is 4.98 Å². The molecule has 23 heavy (non-hydrogen) atoms.